The summed E-state index contributed by atoms with van der Waals surface area (Å²) in [7, 11) is 3.73. The second-order valence-electron chi connectivity index (χ2n) is 4.59. The van der Waals surface area contributed by atoms with Crippen molar-refractivity contribution < 1.29 is 9.32 Å². The minimum Gasteiger partial charge on any atom is -0.360 e. The first-order chi connectivity index (χ1) is 9.08. The second kappa shape index (κ2) is 5.67. The Balaban J connectivity index is 2.18. The molecule has 2 aromatic rings. The Kier molecular flexibility index (Phi) is 3.97. The van der Waals surface area contributed by atoms with E-state index in [0.717, 1.165) is 5.56 Å². The second-order valence-corrected chi connectivity index (χ2v) is 4.59. The van der Waals surface area contributed by atoms with Crippen molar-refractivity contribution in [3.05, 3.63) is 47.7 Å². The van der Waals surface area contributed by atoms with Crippen LogP contribution in [0.3, 0.4) is 0 Å². The van der Waals surface area contributed by atoms with Crippen molar-refractivity contribution in [2.45, 2.75) is 13.0 Å². The van der Waals surface area contributed by atoms with Gasteiger partial charge in [0.25, 0.3) is 0 Å². The fourth-order valence-corrected chi connectivity index (χ4v) is 1.94. The van der Waals surface area contributed by atoms with Crippen LogP contribution in [0, 0.1) is 6.92 Å². The average Bonchev–Trinajstić information content (AvgIpc) is 2.75. The van der Waals surface area contributed by atoms with Crippen LogP contribution >= 0.6 is 0 Å². The van der Waals surface area contributed by atoms with E-state index in [1.807, 2.05) is 49.3 Å². The number of rotatable bonds is 4. The highest BCUT2D eigenvalue weighted by molar-refractivity contribution is 5.94. The number of anilines is 1. The van der Waals surface area contributed by atoms with Crippen molar-refractivity contribution in [2.24, 2.45) is 0 Å². The number of aromatic nitrogens is 1. The van der Waals surface area contributed by atoms with E-state index in [9.17, 15) is 4.79 Å². The molecule has 0 fully saturated rings. The molecule has 1 unspecified atom stereocenters. The number of benzene rings is 1. The summed E-state index contributed by atoms with van der Waals surface area (Å²) in [6, 6.07) is 10.9. The molecule has 0 aliphatic carbocycles. The Labute approximate surface area is 112 Å². The van der Waals surface area contributed by atoms with E-state index in [2.05, 4.69) is 10.5 Å². The Morgan fingerprint density at radius 2 is 2.00 bits per heavy atom. The number of nitrogens with zero attached hydrogens (tertiary/aromatic N) is 2. The zero-order chi connectivity index (χ0) is 13.8. The van der Waals surface area contributed by atoms with Gasteiger partial charge in [0.05, 0.1) is 0 Å². The van der Waals surface area contributed by atoms with Gasteiger partial charge < -0.3 is 9.84 Å². The molecule has 0 saturated heterocycles. The lowest BCUT2D eigenvalue weighted by Gasteiger charge is -2.23. The van der Waals surface area contributed by atoms with Gasteiger partial charge in [-0.05, 0) is 26.6 Å². The van der Waals surface area contributed by atoms with Crippen molar-refractivity contribution in [1.82, 2.24) is 10.1 Å². The molecule has 0 bridgehead atoms. The number of amides is 1. The van der Waals surface area contributed by atoms with E-state index < -0.39 is 0 Å². The molecule has 1 amide bonds. The maximum absolute atomic E-state index is 12.3. The first-order valence-electron chi connectivity index (χ1n) is 6.03. The summed E-state index contributed by atoms with van der Waals surface area (Å²) >= 11 is 0. The molecule has 0 aliphatic rings. The minimum atomic E-state index is -0.363. The molecule has 0 aliphatic heterocycles. The molecule has 5 nitrogen and oxygen atoms in total. The molecular weight excluding hydrogens is 242 g/mol. The maximum atomic E-state index is 12.3. The molecule has 5 heteroatoms. The number of likely N-dealkylation sites (N-methyl/N-ethyl adjacent to an activating group) is 1. The average molecular weight is 259 g/mol. The third kappa shape index (κ3) is 3.20. The number of carbonyl (C=O) groups is 1. The van der Waals surface area contributed by atoms with Crippen LogP contribution in [0.15, 0.2) is 40.9 Å². The molecule has 1 aromatic carbocycles. The Hall–Kier alpha value is -2.14. The fraction of sp³-hybridized carbons (Fsp3) is 0.286. The van der Waals surface area contributed by atoms with Crippen LogP contribution in [0.4, 0.5) is 5.82 Å². The molecule has 1 heterocycles. The van der Waals surface area contributed by atoms with Crippen molar-refractivity contribution in [3.63, 3.8) is 0 Å². The van der Waals surface area contributed by atoms with Gasteiger partial charge in [0.1, 0.15) is 11.8 Å². The van der Waals surface area contributed by atoms with Gasteiger partial charge in [0.2, 0.25) is 5.91 Å². The third-order valence-electron chi connectivity index (χ3n) is 2.76. The van der Waals surface area contributed by atoms with Crippen LogP contribution in [0.2, 0.25) is 0 Å². The lowest BCUT2D eigenvalue weighted by atomic mass is 10.1. The first-order valence-corrected chi connectivity index (χ1v) is 6.03. The van der Waals surface area contributed by atoms with Gasteiger partial charge in [-0.2, -0.15) is 0 Å². The maximum Gasteiger partial charge on any atom is 0.247 e. The van der Waals surface area contributed by atoms with E-state index in [1.165, 1.54) is 0 Å². The summed E-state index contributed by atoms with van der Waals surface area (Å²) in [6.45, 7) is 1.78. The summed E-state index contributed by atoms with van der Waals surface area (Å²) in [5.74, 6) is 0.964. The summed E-state index contributed by atoms with van der Waals surface area (Å²) in [5.41, 5.74) is 0.935. The zero-order valence-corrected chi connectivity index (χ0v) is 11.3. The normalized spacial score (nSPS) is 12.4. The highest BCUT2D eigenvalue weighted by atomic mass is 16.5. The van der Waals surface area contributed by atoms with Gasteiger partial charge in [-0.15, -0.1) is 0 Å². The molecule has 100 valence electrons. The van der Waals surface area contributed by atoms with Crippen LogP contribution in [0.1, 0.15) is 17.4 Å². The standard InChI is InChI=1S/C14H17N3O2/c1-10-9-12(16-19-10)15-14(18)13(17(2)3)11-7-5-4-6-8-11/h4-9,13H,1-3H3,(H,15,16,18). The van der Waals surface area contributed by atoms with Crippen LogP contribution < -0.4 is 5.32 Å². The van der Waals surface area contributed by atoms with Crippen molar-refractivity contribution >= 4 is 11.7 Å². The van der Waals surface area contributed by atoms with E-state index in [1.54, 1.807) is 13.0 Å². The molecule has 0 spiro atoms. The summed E-state index contributed by atoms with van der Waals surface area (Å²) in [4.78, 5) is 14.2. The predicted octanol–water partition coefficient (Wildman–Crippen LogP) is 2.22. The molecule has 2 rings (SSSR count). The number of carbonyl (C=O) groups excluding carboxylic acids is 1. The van der Waals surface area contributed by atoms with Crippen LogP contribution in [0.5, 0.6) is 0 Å². The van der Waals surface area contributed by atoms with Gasteiger partial charge in [-0.3, -0.25) is 9.69 Å². The zero-order valence-electron chi connectivity index (χ0n) is 11.3. The molecule has 0 radical (unpaired) electrons. The number of hydrogen-bond acceptors (Lipinski definition) is 4. The van der Waals surface area contributed by atoms with E-state index >= 15 is 0 Å². The lowest BCUT2D eigenvalue weighted by Crippen LogP contribution is -2.32. The van der Waals surface area contributed by atoms with E-state index in [0.29, 0.717) is 11.6 Å². The summed E-state index contributed by atoms with van der Waals surface area (Å²) < 4.78 is 4.93. The summed E-state index contributed by atoms with van der Waals surface area (Å²) in [5, 5.41) is 6.52. The molecule has 1 aromatic heterocycles. The highest BCUT2D eigenvalue weighted by Gasteiger charge is 2.23. The highest BCUT2D eigenvalue weighted by Crippen LogP contribution is 2.20. The topological polar surface area (TPSA) is 58.4 Å². The van der Waals surface area contributed by atoms with Crippen molar-refractivity contribution in [1.29, 1.82) is 0 Å². The Morgan fingerprint density at radius 3 is 2.53 bits per heavy atom. The largest absolute Gasteiger partial charge is 0.360 e. The Bertz CT molecular complexity index is 549. The van der Waals surface area contributed by atoms with Gasteiger partial charge in [-0.1, -0.05) is 35.5 Å². The summed E-state index contributed by atoms with van der Waals surface area (Å²) in [6.07, 6.45) is 0. The third-order valence-corrected chi connectivity index (χ3v) is 2.76. The van der Waals surface area contributed by atoms with Crippen molar-refractivity contribution in [2.75, 3.05) is 19.4 Å². The van der Waals surface area contributed by atoms with Gasteiger partial charge >= 0.3 is 0 Å². The van der Waals surface area contributed by atoms with Crippen LogP contribution in [-0.2, 0) is 4.79 Å². The van der Waals surface area contributed by atoms with Gasteiger partial charge in [-0.25, -0.2) is 0 Å². The molecule has 19 heavy (non-hydrogen) atoms. The van der Waals surface area contributed by atoms with Crippen LogP contribution in [-0.4, -0.2) is 30.1 Å². The quantitative estimate of drug-likeness (QED) is 0.914. The minimum absolute atomic E-state index is 0.135. The van der Waals surface area contributed by atoms with E-state index in [4.69, 9.17) is 4.52 Å². The Morgan fingerprint density at radius 1 is 1.32 bits per heavy atom. The predicted molar refractivity (Wildman–Crippen MR) is 72.7 cm³/mol. The molecular formula is C14H17N3O2. The number of nitrogens with one attached hydrogen (secondary N) is 1. The first kappa shape index (κ1) is 13.3. The molecule has 1 atom stereocenters. The van der Waals surface area contributed by atoms with Gasteiger partial charge in [0.15, 0.2) is 5.82 Å². The monoisotopic (exact) mass is 259 g/mol. The number of aryl methyl sites for hydroxylation is 1. The smallest absolute Gasteiger partial charge is 0.247 e. The van der Waals surface area contributed by atoms with Crippen LogP contribution in [0.25, 0.3) is 0 Å². The SMILES string of the molecule is Cc1cc(NC(=O)C(c2ccccc2)N(C)C)no1. The molecule has 0 saturated carbocycles. The van der Waals surface area contributed by atoms with Crippen molar-refractivity contribution in [3.8, 4) is 0 Å². The fourth-order valence-electron chi connectivity index (χ4n) is 1.94. The molecule has 1 N–H and O–H groups in total. The van der Waals surface area contributed by atoms with Gasteiger partial charge in [0, 0.05) is 6.07 Å². The van der Waals surface area contributed by atoms with E-state index in [-0.39, 0.29) is 11.9 Å². The lowest BCUT2D eigenvalue weighted by molar-refractivity contribution is -0.120. The number of hydrogen-bond donors (Lipinski definition) is 1.